The standard InChI is InChI=1S/C9H17NO2.C2H6/c1-10-6-4-2-3-5-8(10)7-9(11)12;1-2/h8H,2-7H2,1H3,(H,11,12);1-2H3. The van der Waals surface area contributed by atoms with Crippen LogP contribution in [0.25, 0.3) is 0 Å². The van der Waals surface area contributed by atoms with Crippen molar-refractivity contribution >= 4 is 5.97 Å². The van der Waals surface area contributed by atoms with Crippen LogP contribution < -0.4 is 0 Å². The van der Waals surface area contributed by atoms with Crippen molar-refractivity contribution in [3.63, 3.8) is 0 Å². The zero-order chi connectivity index (χ0) is 11.0. The first-order valence-electron chi connectivity index (χ1n) is 5.62. The summed E-state index contributed by atoms with van der Waals surface area (Å²) in [6, 6.07) is 0.269. The van der Waals surface area contributed by atoms with Crippen LogP contribution in [0.3, 0.4) is 0 Å². The van der Waals surface area contributed by atoms with E-state index in [1.54, 1.807) is 0 Å². The molecule has 0 spiro atoms. The predicted octanol–water partition coefficient (Wildman–Crippen LogP) is 2.36. The molecule has 3 heteroatoms. The van der Waals surface area contributed by atoms with Gasteiger partial charge in [-0.2, -0.15) is 0 Å². The minimum Gasteiger partial charge on any atom is -0.481 e. The second-order valence-corrected chi connectivity index (χ2v) is 3.58. The molecule has 0 saturated carbocycles. The molecule has 1 fully saturated rings. The van der Waals surface area contributed by atoms with Crippen LogP contribution in [0.5, 0.6) is 0 Å². The summed E-state index contributed by atoms with van der Waals surface area (Å²) in [5, 5.41) is 8.65. The fourth-order valence-electron chi connectivity index (χ4n) is 1.78. The monoisotopic (exact) mass is 201 g/mol. The van der Waals surface area contributed by atoms with Crippen LogP contribution in [-0.2, 0) is 4.79 Å². The second-order valence-electron chi connectivity index (χ2n) is 3.58. The van der Waals surface area contributed by atoms with E-state index in [-0.39, 0.29) is 6.04 Å². The molecule has 0 aliphatic carbocycles. The summed E-state index contributed by atoms with van der Waals surface area (Å²) in [4.78, 5) is 12.7. The summed E-state index contributed by atoms with van der Waals surface area (Å²) in [5.74, 6) is -0.672. The molecular weight excluding hydrogens is 178 g/mol. The molecule has 0 aromatic heterocycles. The Kier molecular flexibility index (Phi) is 7.48. The molecule has 0 amide bonds. The highest BCUT2D eigenvalue weighted by Gasteiger charge is 2.19. The Hall–Kier alpha value is -0.570. The first-order chi connectivity index (χ1) is 6.70. The third-order valence-corrected chi connectivity index (χ3v) is 2.58. The summed E-state index contributed by atoms with van der Waals surface area (Å²) >= 11 is 0. The quantitative estimate of drug-likeness (QED) is 0.745. The van der Waals surface area contributed by atoms with E-state index in [1.807, 2.05) is 20.9 Å². The van der Waals surface area contributed by atoms with Crippen molar-refractivity contribution in [2.45, 2.75) is 52.0 Å². The Morgan fingerprint density at radius 2 is 2.00 bits per heavy atom. The Morgan fingerprint density at radius 1 is 1.36 bits per heavy atom. The van der Waals surface area contributed by atoms with E-state index in [0.717, 1.165) is 13.0 Å². The lowest BCUT2D eigenvalue weighted by atomic mass is 10.1. The van der Waals surface area contributed by atoms with Crippen molar-refractivity contribution in [3.05, 3.63) is 0 Å². The van der Waals surface area contributed by atoms with Gasteiger partial charge in [-0.1, -0.05) is 26.7 Å². The Bertz CT molecular complexity index is 159. The number of hydrogen-bond acceptors (Lipinski definition) is 2. The molecule has 1 aliphatic rings. The molecule has 3 nitrogen and oxygen atoms in total. The molecule has 1 heterocycles. The van der Waals surface area contributed by atoms with Crippen LogP contribution in [-0.4, -0.2) is 35.6 Å². The molecule has 1 rings (SSSR count). The predicted molar refractivity (Wildman–Crippen MR) is 58.5 cm³/mol. The number of nitrogens with zero attached hydrogens (tertiary/aromatic N) is 1. The van der Waals surface area contributed by atoms with Crippen LogP contribution in [0.15, 0.2) is 0 Å². The van der Waals surface area contributed by atoms with Crippen molar-refractivity contribution in [3.8, 4) is 0 Å². The summed E-state index contributed by atoms with van der Waals surface area (Å²) in [6.07, 6.45) is 4.99. The number of carboxylic acid groups (broad SMARTS) is 1. The zero-order valence-electron chi connectivity index (χ0n) is 9.62. The number of rotatable bonds is 2. The van der Waals surface area contributed by atoms with E-state index in [2.05, 4.69) is 4.90 Å². The number of hydrogen-bond donors (Lipinski definition) is 1. The number of carbonyl (C=O) groups is 1. The highest BCUT2D eigenvalue weighted by atomic mass is 16.4. The molecule has 14 heavy (non-hydrogen) atoms. The van der Waals surface area contributed by atoms with E-state index in [9.17, 15) is 4.79 Å². The molecule has 0 bridgehead atoms. The summed E-state index contributed by atoms with van der Waals surface area (Å²) in [6.45, 7) is 5.05. The Balaban J connectivity index is 0.000000791. The lowest BCUT2D eigenvalue weighted by Gasteiger charge is -2.23. The normalized spacial score (nSPS) is 23.2. The van der Waals surface area contributed by atoms with Gasteiger partial charge in [-0.05, 0) is 26.4 Å². The van der Waals surface area contributed by atoms with Crippen LogP contribution in [0, 0.1) is 0 Å². The number of carboxylic acids is 1. The van der Waals surface area contributed by atoms with Crippen LogP contribution in [0.2, 0.25) is 0 Å². The van der Waals surface area contributed by atoms with Crippen molar-refractivity contribution in [1.29, 1.82) is 0 Å². The fraction of sp³-hybridized carbons (Fsp3) is 0.909. The molecule has 0 aromatic carbocycles. The first-order valence-corrected chi connectivity index (χ1v) is 5.62. The Labute approximate surface area is 87.1 Å². The van der Waals surface area contributed by atoms with Crippen molar-refractivity contribution in [1.82, 2.24) is 4.90 Å². The van der Waals surface area contributed by atoms with Crippen LogP contribution in [0.1, 0.15) is 46.0 Å². The topological polar surface area (TPSA) is 40.5 Å². The highest BCUT2D eigenvalue weighted by molar-refractivity contribution is 5.67. The van der Waals surface area contributed by atoms with Gasteiger partial charge < -0.3 is 10.0 Å². The first kappa shape index (κ1) is 13.4. The maximum absolute atomic E-state index is 10.5. The van der Waals surface area contributed by atoms with Crippen LogP contribution in [0.4, 0.5) is 0 Å². The van der Waals surface area contributed by atoms with E-state index < -0.39 is 5.97 Å². The van der Waals surface area contributed by atoms with E-state index >= 15 is 0 Å². The molecule has 1 atom stereocenters. The minimum atomic E-state index is -0.672. The molecule has 1 unspecified atom stereocenters. The molecule has 1 N–H and O–H groups in total. The Morgan fingerprint density at radius 3 is 2.57 bits per heavy atom. The van der Waals surface area contributed by atoms with Crippen molar-refractivity contribution in [2.24, 2.45) is 0 Å². The smallest absolute Gasteiger partial charge is 0.304 e. The van der Waals surface area contributed by atoms with Gasteiger partial charge in [0, 0.05) is 6.04 Å². The fourth-order valence-corrected chi connectivity index (χ4v) is 1.78. The van der Waals surface area contributed by atoms with Gasteiger partial charge in [0.25, 0.3) is 0 Å². The largest absolute Gasteiger partial charge is 0.481 e. The van der Waals surface area contributed by atoms with Crippen molar-refractivity contribution in [2.75, 3.05) is 13.6 Å². The molecule has 84 valence electrons. The maximum Gasteiger partial charge on any atom is 0.304 e. The maximum atomic E-state index is 10.5. The van der Waals surface area contributed by atoms with E-state index in [0.29, 0.717) is 6.42 Å². The summed E-state index contributed by atoms with van der Waals surface area (Å²) < 4.78 is 0. The van der Waals surface area contributed by atoms with Gasteiger partial charge in [0.05, 0.1) is 6.42 Å². The van der Waals surface area contributed by atoms with Gasteiger partial charge in [0.15, 0.2) is 0 Å². The number of likely N-dealkylation sites (tertiary alicyclic amines) is 1. The SMILES string of the molecule is CC.CN1CCCCCC1CC(=O)O. The molecule has 0 aromatic rings. The average Bonchev–Trinajstić information content (AvgIpc) is 2.35. The lowest BCUT2D eigenvalue weighted by molar-refractivity contribution is -0.138. The third-order valence-electron chi connectivity index (χ3n) is 2.58. The number of aliphatic carboxylic acids is 1. The molecule has 0 radical (unpaired) electrons. The lowest BCUT2D eigenvalue weighted by Crippen LogP contribution is -2.32. The summed E-state index contributed by atoms with van der Waals surface area (Å²) in [7, 11) is 2.03. The van der Waals surface area contributed by atoms with E-state index in [4.69, 9.17) is 5.11 Å². The highest BCUT2D eigenvalue weighted by Crippen LogP contribution is 2.17. The zero-order valence-corrected chi connectivity index (χ0v) is 9.62. The van der Waals surface area contributed by atoms with Crippen LogP contribution >= 0.6 is 0 Å². The van der Waals surface area contributed by atoms with Gasteiger partial charge >= 0.3 is 5.97 Å². The molecule has 1 aliphatic heterocycles. The minimum absolute atomic E-state index is 0.269. The second kappa shape index (κ2) is 7.80. The van der Waals surface area contributed by atoms with Gasteiger partial charge in [-0.15, -0.1) is 0 Å². The molecular formula is C11H23NO2. The van der Waals surface area contributed by atoms with Gasteiger partial charge in [-0.3, -0.25) is 4.79 Å². The van der Waals surface area contributed by atoms with Gasteiger partial charge in [0.1, 0.15) is 0 Å². The van der Waals surface area contributed by atoms with Gasteiger partial charge in [0.2, 0.25) is 0 Å². The van der Waals surface area contributed by atoms with Crippen molar-refractivity contribution < 1.29 is 9.90 Å². The third kappa shape index (κ3) is 5.22. The molecule has 1 saturated heterocycles. The summed E-state index contributed by atoms with van der Waals surface area (Å²) in [5.41, 5.74) is 0. The van der Waals surface area contributed by atoms with E-state index in [1.165, 1.54) is 19.3 Å². The van der Waals surface area contributed by atoms with Gasteiger partial charge in [-0.25, -0.2) is 0 Å². The average molecular weight is 201 g/mol.